The highest BCUT2D eigenvalue weighted by Crippen LogP contribution is 1.92. The van der Waals surface area contributed by atoms with Gasteiger partial charge in [-0.25, -0.2) is 0 Å². The predicted molar refractivity (Wildman–Crippen MR) is 58.5 cm³/mol. The summed E-state index contributed by atoms with van der Waals surface area (Å²) in [7, 11) is 5.62. The molecule has 0 aromatic carbocycles. The number of hydrogen-bond donors (Lipinski definition) is 2. The average Bonchev–Trinajstić information content (AvgIpc) is 2.02. The molecule has 0 aliphatic carbocycles. The van der Waals surface area contributed by atoms with Crippen molar-refractivity contribution in [2.75, 3.05) is 47.4 Å². The predicted octanol–water partition coefficient (Wildman–Crippen LogP) is -0.219. The number of likely N-dealkylation sites (N-methyl/N-ethyl adjacent to an activating group) is 1. The average molecular weight is 204 g/mol. The SMILES string of the molecule is COCC(C)CNCC(O)CN(C)C. The topological polar surface area (TPSA) is 44.7 Å². The molecule has 0 spiro atoms. The molecule has 0 aliphatic rings. The van der Waals surface area contributed by atoms with E-state index in [1.807, 2.05) is 19.0 Å². The van der Waals surface area contributed by atoms with Crippen molar-refractivity contribution in [3.05, 3.63) is 0 Å². The zero-order chi connectivity index (χ0) is 11.0. The van der Waals surface area contributed by atoms with E-state index in [1.54, 1.807) is 7.11 Å². The Morgan fingerprint density at radius 2 is 2.00 bits per heavy atom. The summed E-state index contributed by atoms with van der Waals surface area (Å²) in [5.41, 5.74) is 0. The van der Waals surface area contributed by atoms with Crippen LogP contribution in [0.15, 0.2) is 0 Å². The first-order valence-electron chi connectivity index (χ1n) is 5.08. The Hall–Kier alpha value is -0.160. The van der Waals surface area contributed by atoms with Gasteiger partial charge in [-0.1, -0.05) is 6.92 Å². The van der Waals surface area contributed by atoms with Gasteiger partial charge in [-0.05, 0) is 26.6 Å². The largest absolute Gasteiger partial charge is 0.390 e. The van der Waals surface area contributed by atoms with E-state index in [0.717, 1.165) is 13.2 Å². The Balaban J connectivity index is 3.34. The summed E-state index contributed by atoms with van der Waals surface area (Å²) in [6.45, 7) is 5.11. The number of methoxy groups -OCH3 is 1. The molecule has 0 amide bonds. The van der Waals surface area contributed by atoms with E-state index in [0.29, 0.717) is 19.0 Å². The van der Waals surface area contributed by atoms with E-state index in [1.165, 1.54) is 0 Å². The van der Waals surface area contributed by atoms with E-state index >= 15 is 0 Å². The minimum atomic E-state index is -0.292. The van der Waals surface area contributed by atoms with Crippen molar-refractivity contribution in [3.8, 4) is 0 Å². The van der Waals surface area contributed by atoms with Crippen molar-refractivity contribution >= 4 is 0 Å². The molecule has 0 saturated carbocycles. The van der Waals surface area contributed by atoms with Crippen LogP contribution in [-0.2, 0) is 4.74 Å². The van der Waals surface area contributed by atoms with Crippen molar-refractivity contribution in [2.45, 2.75) is 13.0 Å². The van der Waals surface area contributed by atoms with Gasteiger partial charge in [0.2, 0.25) is 0 Å². The van der Waals surface area contributed by atoms with E-state index < -0.39 is 0 Å². The molecule has 4 heteroatoms. The maximum Gasteiger partial charge on any atom is 0.0791 e. The maximum absolute atomic E-state index is 9.53. The Morgan fingerprint density at radius 3 is 2.50 bits per heavy atom. The Kier molecular flexibility index (Phi) is 8.08. The molecule has 14 heavy (non-hydrogen) atoms. The summed E-state index contributed by atoms with van der Waals surface area (Å²) in [6.07, 6.45) is -0.292. The van der Waals surface area contributed by atoms with E-state index in [9.17, 15) is 5.11 Å². The normalized spacial score (nSPS) is 15.9. The molecule has 0 aromatic rings. The molecule has 0 rings (SSSR count). The van der Waals surface area contributed by atoms with E-state index in [2.05, 4.69) is 12.2 Å². The first-order valence-corrected chi connectivity index (χ1v) is 5.08. The van der Waals surface area contributed by atoms with Gasteiger partial charge in [0.1, 0.15) is 0 Å². The van der Waals surface area contributed by atoms with Gasteiger partial charge in [0.05, 0.1) is 6.10 Å². The van der Waals surface area contributed by atoms with Crippen LogP contribution < -0.4 is 5.32 Å². The third-order valence-corrected chi connectivity index (χ3v) is 1.90. The minimum Gasteiger partial charge on any atom is -0.390 e. The third-order valence-electron chi connectivity index (χ3n) is 1.90. The maximum atomic E-state index is 9.53. The number of nitrogens with zero attached hydrogens (tertiary/aromatic N) is 1. The molecule has 2 atom stereocenters. The van der Waals surface area contributed by atoms with Crippen LogP contribution in [-0.4, -0.2) is 63.6 Å². The van der Waals surface area contributed by atoms with Gasteiger partial charge in [0, 0.05) is 26.8 Å². The zero-order valence-electron chi connectivity index (χ0n) is 9.79. The molecule has 86 valence electrons. The Bertz CT molecular complexity index is 131. The summed E-state index contributed by atoms with van der Waals surface area (Å²) in [5.74, 6) is 0.492. The molecule has 0 radical (unpaired) electrons. The molecule has 0 aromatic heterocycles. The molecular weight excluding hydrogens is 180 g/mol. The van der Waals surface area contributed by atoms with Crippen LogP contribution in [0.25, 0.3) is 0 Å². The van der Waals surface area contributed by atoms with E-state index in [4.69, 9.17) is 4.74 Å². The molecule has 2 N–H and O–H groups in total. The first kappa shape index (κ1) is 13.8. The van der Waals surface area contributed by atoms with Gasteiger partial charge in [0.25, 0.3) is 0 Å². The molecule has 0 aliphatic heterocycles. The molecule has 0 saturated heterocycles. The number of hydrogen-bond acceptors (Lipinski definition) is 4. The second kappa shape index (κ2) is 8.17. The number of rotatable bonds is 8. The van der Waals surface area contributed by atoms with Gasteiger partial charge in [0.15, 0.2) is 0 Å². The van der Waals surface area contributed by atoms with Crippen LogP contribution in [0.3, 0.4) is 0 Å². The lowest BCUT2D eigenvalue weighted by Gasteiger charge is -2.17. The van der Waals surface area contributed by atoms with Crippen LogP contribution in [0.1, 0.15) is 6.92 Å². The van der Waals surface area contributed by atoms with Crippen LogP contribution in [0.5, 0.6) is 0 Å². The van der Waals surface area contributed by atoms with Crippen LogP contribution >= 0.6 is 0 Å². The van der Waals surface area contributed by atoms with E-state index in [-0.39, 0.29) is 6.10 Å². The summed E-state index contributed by atoms with van der Waals surface area (Å²) in [6, 6.07) is 0. The van der Waals surface area contributed by atoms with Crippen LogP contribution in [0, 0.1) is 5.92 Å². The standard InChI is InChI=1S/C10H24N2O2/c1-9(8-14-4)5-11-6-10(13)7-12(2)3/h9-11,13H,5-8H2,1-4H3. The lowest BCUT2D eigenvalue weighted by molar-refractivity contribution is 0.127. The molecule has 4 nitrogen and oxygen atoms in total. The lowest BCUT2D eigenvalue weighted by Crippen LogP contribution is -2.37. The van der Waals surface area contributed by atoms with Crippen molar-refractivity contribution in [1.29, 1.82) is 0 Å². The summed E-state index contributed by atoms with van der Waals surface area (Å²) >= 11 is 0. The fourth-order valence-corrected chi connectivity index (χ4v) is 1.33. The Morgan fingerprint density at radius 1 is 1.36 bits per heavy atom. The van der Waals surface area contributed by atoms with Crippen molar-refractivity contribution in [3.63, 3.8) is 0 Å². The molecule has 0 bridgehead atoms. The second-order valence-electron chi connectivity index (χ2n) is 4.13. The zero-order valence-corrected chi connectivity index (χ0v) is 9.79. The highest BCUT2D eigenvalue weighted by Gasteiger charge is 2.06. The monoisotopic (exact) mass is 204 g/mol. The fourth-order valence-electron chi connectivity index (χ4n) is 1.33. The number of aliphatic hydroxyl groups is 1. The van der Waals surface area contributed by atoms with Gasteiger partial charge < -0.3 is 20.1 Å². The molecular formula is C10H24N2O2. The smallest absolute Gasteiger partial charge is 0.0791 e. The van der Waals surface area contributed by atoms with Gasteiger partial charge in [-0.2, -0.15) is 0 Å². The quantitative estimate of drug-likeness (QED) is 0.574. The number of aliphatic hydroxyl groups excluding tert-OH is 1. The second-order valence-corrected chi connectivity index (χ2v) is 4.13. The Labute approximate surface area is 87.2 Å². The third kappa shape index (κ3) is 8.44. The number of ether oxygens (including phenoxy) is 1. The van der Waals surface area contributed by atoms with Gasteiger partial charge in [-0.15, -0.1) is 0 Å². The van der Waals surface area contributed by atoms with Crippen molar-refractivity contribution < 1.29 is 9.84 Å². The van der Waals surface area contributed by atoms with Crippen molar-refractivity contribution in [1.82, 2.24) is 10.2 Å². The summed E-state index contributed by atoms with van der Waals surface area (Å²) in [4.78, 5) is 1.98. The van der Waals surface area contributed by atoms with Crippen molar-refractivity contribution in [2.24, 2.45) is 5.92 Å². The van der Waals surface area contributed by atoms with Crippen LogP contribution in [0.4, 0.5) is 0 Å². The highest BCUT2D eigenvalue weighted by atomic mass is 16.5. The lowest BCUT2D eigenvalue weighted by atomic mass is 10.2. The fraction of sp³-hybridized carbons (Fsp3) is 1.00. The molecule has 0 heterocycles. The minimum absolute atomic E-state index is 0.292. The highest BCUT2D eigenvalue weighted by molar-refractivity contribution is 4.64. The summed E-state index contributed by atoms with van der Waals surface area (Å²) < 4.78 is 5.01. The van der Waals surface area contributed by atoms with Gasteiger partial charge >= 0.3 is 0 Å². The first-order chi connectivity index (χ1) is 6.56. The molecule has 0 fully saturated rings. The number of nitrogens with one attached hydrogen (secondary N) is 1. The van der Waals surface area contributed by atoms with Crippen LogP contribution in [0.2, 0.25) is 0 Å². The van der Waals surface area contributed by atoms with Gasteiger partial charge in [-0.3, -0.25) is 0 Å². The molecule has 2 unspecified atom stereocenters. The summed E-state index contributed by atoms with van der Waals surface area (Å²) in [5, 5.41) is 12.7.